The molecule has 1 fully saturated rings. The molecule has 94 valence electrons. The zero-order valence-corrected chi connectivity index (χ0v) is 12.7. The molecule has 17 heavy (non-hydrogen) atoms. The standard InChI is InChI=1S/C15H24OSi/c1-15(2,3)17(4,5)16-14-8-6-7-13(11-14)12-9-10-12/h6-8,11-12H,9-10H2,1-5H3. The summed E-state index contributed by atoms with van der Waals surface area (Å²) in [5, 5.41) is 0.266. The lowest BCUT2D eigenvalue weighted by atomic mass is 10.1. The van der Waals surface area contributed by atoms with Gasteiger partial charge < -0.3 is 4.43 Å². The smallest absolute Gasteiger partial charge is 0.250 e. The fourth-order valence-electron chi connectivity index (χ4n) is 1.70. The SMILES string of the molecule is CC(C)(C)[Si](C)(C)Oc1cccc(C2CC2)c1. The van der Waals surface area contributed by atoms with Crippen LogP contribution in [-0.2, 0) is 0 Å². The van der Waals surface area contributed by atoms with Crippen LogP contribution in [0.3, 0.4) is 0 Å². The molecule has 0 aromatic heterocycles. The molecule has 0 amide bonds. The fraction of sp³-hybridized carbons (Fsp3) is 0.600. The molecule has 0 radical (unpaired) electrons. The van der Waals surface area contributed by atoms with Gasteiger partial charge in [-0.3, -0.25) is 0 Å². The second-order valence-electron chi connectivity index (χ2n) is 6.71. The summed E-state index contributed by atoms with van der Waals surface area (Å²) in [5.41, 5.74) is 1.46. The van der Waals surface area contributed by atoms with Crippen LogP contribution in [0.15, 0.2) is 24.3 Å². The predicted octanol–water partition coefficient (Wildman–Crippen LogP) is 4.95. The van der Waals surface area contributed by atoms with Gasteiger partial charge in [-0.1, -0.05) is 32.9 Å². The number of benzene rings is 1. The Balaban J connectivity index is 2.15. The lowest BCUT2D eigenvalue weighted by Gasteiger charge is -2.36. The van der Waals surface area contributed by atoms with Crippen molar-refractivity contribution in [2.45, 2.75) is 57.7 Å². The molecule has 0 spiro atoms. The summed E-state index contributed by atoms with van der Waals surface area (Å²) in [6.07, 6.45) is 2.70. The Kier molecular flexibility index (Phi) is 3.11. The maximum absolute atomic E-state index is 6.32. The Hall–Kier alpha value is -0.763. The van der Waals surface area contributed by atoms with E-state index in [1.807, 2.05) is 0 Å². The van der Waals surface area contributed by atoms with Crippen molar-refractivity contribution in [1.82, 2.24) is 0 Å². The van der Waals surface area contributed by atoms with Crippen LogP contribution in [-0.4, -0.2) is 8.32 Å². The van der Waals surface area contributed by atoms with Crippen molar-refractivity contribution in [3.8, 4) is 5.75 Å². The van der Waals surface area contributed by atoms with Crippen molar-refractivity contribution in [2.24, 2.45) is 0 Å². The summed E-state index contributed by atoms with van der Waals surface area (Å²) in [6.45, 7) is 11.4. The highest BCUT2D eigenvalue weighted by atomic mass is 28.4. The number of hydrogen-bond donors (Lipinski definition) is 0. The van der Waals surface area contributed by atoms with E-state index in [2.05, 4.69) is 58.1 Å². The van der Waals surface area contributed by atoms with E-state index < -0.39 is 8.32 Å². The van der Waals surface area contributed by atoms with E-state index in [1.165, 1.54) is 18.4 Å². The molecule has 1 saturated carbocycles. The van der Waals surface area contributed by atoms with Gasteiger partial charge in [0.25, 0.3) is 0 Å². The van der Waals surface area contributed by atoms with Crippen molar-refractivity contribution in [3.05, 3.63) is 29.8 Å². The number of hydrogen-bond acceptors (Lipinski definition) is 1. The zero-order chi connectivity index (χ0) is 12.7. The lowest BCUT2D eigenvalue weighted by Crippen LogP contribution is -2.43. The average molecular weight is 248 g/mol. The summed E-state index contributed by atoms with van der Waals surface area (Å²) in [5.74, 6) is 1.87. The predicted molar refractivity (Wildman–Crippen MR) is 76.2 cm³/mol. The van der Waals surface area contributed by atoms with Crippen molar-refractivity contribution >= 4 is 8.32 Å². The van der Waals surface area contributed by atoms with Crippen molar-refractivity contribution in [1.29, 1.82) is 0 Å². The maximum Gasteiger partial charge on any atom is 0.250 e. The molecule has 2 heteroatoms. The van der Waals surface area contributed by atoms with Gasteiger partial charge >= 0.3 is 0 Å². The molecule has 1 aromatic rings. The second kappa shape index (κ2) is 4.16. The average Bonchev–Trinajstić information content (AvgIpc) is 2.98. The van der Waals surface area contributed by atoms with Crippen LogP contribution < -0.4 is 4.43 Å². The first kappa shape index (κ1) is 12.7. The normalized spacial score (nSPS) is 17.0. The van der Waals surface area contributed by atoms with Gasteiger partial charge in [-0.2, -0.15) is 0 Å². The highest BCUT2D eigenvalue weighted by Gasteiger charge is 2.39. The van der Waals surface area contributed by atoms with Crippen LogP contribution in [0.1, 0.15) is 45.1 Å². The molecule has 0 saturated heterocycles. The molecule has 0 aliphatic heterocycles. The van der Waals surface area contributed by atoms with Crippen LogP contribution in [0.25, 0.3) is 0 Å². The van der Waals surface area contributed by atoms with Gasteiger partial charge in [-0.15, -0.1) is 0 Å². The van der Waals surface area contributed by atoms with E-state index in [9.17, 15) is 0 Å². The maximum atomic E-state index is 6.32. The highest BCUT2D eigenvalue weighted by molar-refractivity contribution is 6.74. The monoisotopic (exact) mass is 248 g/mol. The minimum Gasteiger partial charge on any atom is -0.543 e. The van der Waals surface area contributed by atoms with Gasteiger partial charge in [-0.05, 0) is 54.6 Å². The second-order valence-corrected chi connectivity index (χ2v) is 11.4. The summed E-state index contributed by atoms with van der Waals surface area (Å²) in [6, 6.07) is 8.72. The van der Waals surface area contributed by atoms with E-state index in [0.29, 0.717) is 0 Å². The third-order valence-corrected chi connectivity index (χ3v) is 8.44. The first-order valence-corrected chi connectivity index (χ1v) is 9.49. The van der Waals surface area contributed by atoms with E-state index >= 15 is 0 Å². The van der Waals surface area contributed by atoms with Crippen LogP contribution in [0.2, 0.25) is 18.1 Å². The molecule has 0 N–H and O–H groups in total. The third-order valence-electron chi connectivity index (χ3n) is 4.09. The van der Waals surface area contributed by atoms with Crippen LogP contribution in [0.4, 0.5) is 0 Å². The molecule has 1 nitrogen and oxygen atoms in total. The quantitative estimate of drug-likeness (QED) is 0.688. The molecule has 0 unspecified atom stereocenters. The van der Waals surface area contributed by atoms with Gasteiger partial charge in [0.2, 0.25) is 8.32 Å². The van der Waals surface area contributed by atoms with E-state index in [0.717, 1.165) is 11.7 Å². The Labute approximate surface area is 106 Å². The van der Waals surface area contributed by atoms with Crippen LogP contribution in [0, 0.1) is 0 Å². The molecular weight excluding hydrogens is 224 g/mol. The zero-order valence-electron chi connectivity index (χ0n) is 11.7. The van der Waals surface area contributed by atoms with Gasteiger partial charge in [-0.25, -0.2) is 0 Å². The molecule has 2 rings (SSSR count). The summed E-state index contributed by atoms with van der Waals surface area (Å²) in [4.78, 5) is 0. The lowest BCUT2D eigenvalue weighted by molar-refractivity contribution is 0.491. The van der Waals surface area contributed by atoms with Gasteiger partial charge in [0.15, 0.2) is 0 Å². The minimum atomic E-state index is -1.68. The van der Waals surface area contributed by atoms with Gasteiger partial charge in [0, 0.05) is 0 Å². The Morgan fingerprint density at radius 3 is 2.35 bits per heavy atom. The van der Waals surface area contributed by atoms with E-state index in [1.54, 1.807) is 0 Å². The molecule has 0 atom stereocenters. The molecule has 1 aromatic carbocycles. The fourth-order valence-corrected chi connectivity index (χ4v) is 2.72. The molecule has 0 bridgehead atoms. The topological polar surface area (TPSA) is 9.23 Å². The Morgan fingerprint density at radius 1 is 1.18 bits per heavy atom. The van der Waals surface area contributed by atoms with E-state index in [-0.39, 0.29) is 5.04 Å². The number of rotatable bonds is 3. The summed E-state index contributed by atoms with van der Waals surface area (Å²) < 4.78 is 6.32. The van der Waals surface area contributed by atoms with E-state index in [4.69, 9.17) is 4.43 Å². The van der Waals surface area contributed by atoms with Crippen LogP contribution in [0.5, 0.6) is 5.75 Å². The first-order valence-electron chi connectivity index (χ1n) is 6.58. The largest absolute Gasteiger partial charge is 0.543 e. The molecule has 1 aliphatic rings. The van der Waals surface area contributed by atoms with Gasteiger partial charge in [0.05, 0.1) is 0 Å². The first-order chi connectivity index (χ1) is 7.79. The van der Waals surface area contributed by atoms with Crippen molar-refractivity contribution in [3.63, 3.8) is 0 Å². The Bertz CT molecular complexity index is 400. The molecule has 0 heterocycles. The summed E-state index contributed by atoms with van der Waals surface area (Å²) >= 11 is 0. The minimum absolute atomic E-state index is 0.266. The molecule has 1 aliphatic carbocycles. The summed E-state index contributed by atoms with van der Waals surface area (Å²) in [7, 11) is -1.68. The third kappa shape index (κ3) is 2.92. The molecular formula is C15H24OSi. The highest BCUT2D eigenvalue weighted by Crippen LogP contribution is 2.42. The van der Waals surface area contributed by atoms with Crippen molar-refractivity contribution in [2.75, 3.05) is 0 Å². The Morgan fingerprint density at radius 2 is 1.82 bits per heavy atom. The van der Waals surface area contributed by atoms with Crippen molar-refractivity contribution < 1.29 is 4.43 Å². The van der Waals surface area contributed by atoms with Gasteiger partial charge in [0.1, 0.15) is 5.75 Å². The van der Waals surface area contributed by atoms with Crippen LogP contribution >= 0.6 is 0 Å².